The Hall–Kier alpha value is -1.10. The standard InChI is InChI=1S/C14H12BrClFNO/c1-8(18)9-2-5-14(12(16)6-9)19-10-3-4-13(17)11(15)7-10/h2-8H,18H2,1H3/t8-/m1/s1. The number of nitrogens with two attached hydrogens (primary N) is 1. The fourth-order valence-electron chi connectivity index (χ4n) is 1.55. The zero-order valence-electron chi connectivity index (χ0n) is 10.2. The van der Waals surface area contributed by atoms with Crippen molar-refractivity contribution in [2.24, 2.45) is 5.73 Å². The maximum absolute atomic E-state index is 13.1. The summed E-state index contributed by atoms with van der Waals surface area (Å²) in [6.07, 6.45) is 0. The van der Waals surface area contributed by atoms with Gasteiger partial charge in [0.15, 0.2) is 0 Å². The quantitative estimate of drug-likeness (QED) is 0.845. The van der Waals surface area contributed by atoms with Gasteiger partial charge in [0.2, 0.25) is 0 Å². The van der Waals surface area contributed by atoms with Crippen LogP contribution in [0.25, 0.3) is 0 Å². The van der Waals surface area contributed by atoms with E-state index in [2.05, 4.69) is 15.9 Å². The molecule has 0 radical (unpaired) electrons. The molecule has 2 rings (SSSR count). The predicted molar refractivity (Wildman–Crippen MR) is 78.2 cm³/mol. The van der Waals surface area contributed by atoms with Crippen LogP contribution in [0, 0.1) is 5.82 Å². The molecule has 0 aliphatic rings. The predicted octanol–water partition coefficient (Wildman–Crippen LogP) is 5.05. The number of hydrogen-bond donors (Lipinski definition) is 1. The molecule has 0 fully saturated rings. The zero-order chi connectivity index (χ0) is 14.0. The molecule has 0 saturated carbocycles. The number of hydrogen-bond acceptors (Lipinski definition) is 2. The molecule has 0 unspecified atom stereocenters. The van der Waals surface area contributed by atoms with Gasteiger partial charge >= 0.3 is 0 Å². The Bertz CT molecular complexity index is 604. The second-order valence-corrected chi connectivity index (χ2v) is 5.42. The maximum atomic E-state index is 13.1. The van der Waals surface area contributed by atoms with Gasteiger partial charge in [0.25, 0.3) is 0 Å². The highest BCUT2D eigenvalue weighted by Gasteiger charge is 2.08. The highest BCUT2D eigenvalue weighted by atomic mass is 79.9. The third-order valence-corrected chi connectivity index (χ3v) is 3.50. The monoisotopic (exact) mass is 343 g/mol. The van der Waals surface area contributed by atoms with Crippen LogP contribution < -0.4 is 10.5 Å². The first-order valence-electron chi connectivity index (χ1n) is 5.65. The lowest BCUT2D eigenvalue weighted by Crippen LogP contribution is -2.04. The normalized spacial score (nSPS) is 12.3. The lowest BCUT2D eigenvalue weighted by molar-refractivity contribution is 0.479. The molecule has 2 N–H and O–H groups in total. The second-order valence-electron chi connectivity index (χ2n) is 4.16. The average molecular weight is 345 g/mol. The first-order chi connectivity index (χ1) is 8.97. The number of halogens is 3. The van der Waals surface area contributed by atoms with Crippen molar-refractivity contribution >= 4 is 27.5 Å². The molecule has 100 valence electrons. The van der Waals surface area contributed by atoms with E-state index in [1.807, 2.05) is 13.0 Å². The molecule has 0 aliphatic carbocycles. The first-order valence-corrected chi connectivity index (χ1v) is 6.82. The van der Waals surface area contributed by atoms with Gasteiger partial charge in [-0.3, -0.25) is 0 Å². The Labute approximate surface area is 124 Å². The molecule has 5 heteroatoms. The van der Waals surface area contributed by atoms with Crippen LogP contribution in [0.4, 0.5) is 4.39 Å². The molecule has 2 aromatic carbocycles. The molecule has 1 atom stereocenters. The van der Waals surface area contributed by atoms with Gasteiger partial charge in [0.05, 0.1) is 9.50 Å². The maximum Gasteiger partial charge on any atom is 0.146 e. The summed E-state index contributed by atoms with van der Waals surface area (Å²) in [5, 5.41) is 0.468. The van der Waals surface area contributed by atoms with Crippen molar-refractivity contribution in [3.05, 3.63) is 57.3 Å². The van der Waals surface area contributed by atoms with Gasteiger partial charge in [-0.05, 0) is 58.7 Å². The van der Waals surface area contributed by atoms with Crippen molar-refractivity contribution in [2.75, 3.05) is 0 Å². The lowest BCUT2D eigenvalue weighted by Gasteiger charge is -2.11. The van der Waals surface area contributed by atoms with E-state index in [-0.39, 0.29) is 11.9 Å². The lowest BCUT2D eigenvalue weighted by atomic mass is 10.1. The topological polar surface area (TPSA) is 35.2 Å². The highest BCUT2D eigenvalue weighted by Crippen LogP contribution is 2.32. The van der Waals surface area contributed by atoms with Gasteiger partial charge in [0.1, 0.15) is 17.3 Å². The summed E-state index contributed by atoms with van der Waals surface area (Å²) in [6, 6.07) is 9.68. The summed E-state index contributed by atoms with van der Waals surface area (Å²) < 4.78 is 19.1. The molecule has 0 amide bonds. The van der Waals surface area contributed by atoms with Crippen molar-refractivity contribution in [3.8, 4) is 11.5 Å². The van der Waals surface area contributed by atoms with Gasteiger partial charge in [-0.15, -0.1) is 0 Å². The largest absolute Gasteiger partial charge is 0.456 e. The van der Waals surface area contributed by atoms with Crippen molar-refractivity contribution in [1.82, 2.24) is 0 Å². The van der Waals surface area contributed by atoms with Crippen molar-refractivity contribution in [1.29, 1.82) is 0 Å². The van der Waals surface area contributed by atoms with Gasteiger partial charge in [0, 0.05) is 6.04 Å². The molecular weight excluding hydrogens is 333 g/mol. The summed E-state index contributed by atoms with van der Waals surface area (Å²) in [7, 11) is 0. The fourth-order valence-corrected chi connectivity index (χ4v) is 2.14. The fraction of sp³-hybridized carbons (Fsp3) is 0.143. The van der Waals surface area contributed by atoms with Crippen molar-refractivity contribution in [3.63, 3.8) is 0 Å². The SMILES string of the molecule is C[C@@H](N)c1ccc(Oc2ccc(F)c(Br)c2)c(Cl)c1. The molecule has 0 aliphatic heterocycles. The van der Waals surface area contributed by atoms with Gasteiger partial charge in [-0.25, -0.2) is 4.39 Å². The zero-order valence-corrected chi connectivity index (χ0v) is 12.5. The smallest absolute Gasteiger partial charge is 0.146 e. The first kappa shape index (κ1) is 14.3. The third kappa shape index (κ3) is 3.47. The Morgan fingerprint density at radius 1 is 1.26 bits per heavy atom. The average Bonchev–Trinajstić information content (AvgIpc) is 2.36. The van der Waals surface area contributed by atoms with E-state index in [0.29, 0.717) is 21.0 Å². The van der Waals surface area contributed by atoms with E-state index in [9.17, 15) is 4.39 Å². The number of ether oxygens (including phenoxy) is 1. The minimum atomic E-state index is -0.342. The van der Waals surface area contributed by atoms with Crippen LogP contribution in [0.5, 0.6) is 11.5 Å². The van der Waals surface area contributed by atoms with Crippen molar-refractivity contribution < 1.29 is 9.13 Å². The summed E-state index contributed by atoms with van der Waals surface area (Å²) in [6.45, 7) is 1.88. The molecule has 0 heterocycles. The van der Waals surface area contributed by atoms with Crippen molar-refractivity contribution in [2.45, 2.75) is 13.0 Å². The van der Waals surface area contributed by atoms with Gasteiger partial charge in [-0.1, -0.05) is 17.7 Å². The van der Waals surface area contributed by atoms with E-state index in [1.54, 1.807) is 18.2 Å². The van der Waals surface area contributed by atoms with E-state index >= 15 is 0 Å². The summed E-state index contributed by atoms with van der Waals surface area (Å²) in [4.78, 5) is 0. The third-order valence-electron chi connectivity index (χ3n) is 2.60. The minimum absolute atomic E-state index is 0.0912. The summed E-state index contributed by atoms with van der Waals surface area (Å²) in [5.41, 5.74) is 6.70. The molecule has 2 aromatic rings. The van der Waals surface area contributed by atoms with E-state index in [0.717, 1.165) is 5.56 Å². The highest BCUT2D eigenvalue weighted by molar-refractivity contribution is 9.10. The van der Waals surface area contributed by atoms with Gasteiger partial charge < -0.3 is 10.5 Å². The number of benzene rings is 2. The van der Waals surface area contributed by atoms with Crippen LogP contribution >= 0.6 is 27.5 Å². The summed E-state index contributed by atoms with van der Waals surface area (Å²) >= 11 is 9.23. The molecular formula is C14H12BrClFNO. The Morgan fingerprint density at radius 2 is 2.00 bits per heavy atom. The van der Waals surface area contributed by atoms with Crippen LogP contribution in [0.2, 0.25) is 5.02 Å². The molecule has 0 bridgehead atoms. The minimum Gasteiger partial charge on any atom is -0.456 e. The van der Waals surface area contributed by atoms with Gasteiger partial charge in [-0.2, -0.15) is 0 Å². The Morgan fingerprint density at radius 3 is 2.58 bits per heavy atom. The van der Waals surface area contributed by atoms with E-state index < -0.39 is 0 Å². The second kappa shape index (κ2) is 5.90. The van der Waals surface area contributed by atoms with Crippen LogP contribution in [0.3, 0.4) is 0 Å². The molecule has 2 nitrogen and oxygen atoms in total. The summed E-state index contributed by atoms with van der Waals surface area (Å²) in [5.74, 6) is 0.666. The molecule has 0 spiro atoms. The Kier molecular flexibility index (Phi) is 4.45. The molecule has 19 heavy (non-hydrogen) atoms. The van der Waals surface area contributed by atoms with Crippen LogP contribution in [0.1, 0.15) is 18.5 Å². The number of rotatable bonds is 3. The van der Waals surface area contributed by atoms with Crippen LogP contribution in [-0.2, 0) is 0 Å². The Balaban J connectivity index is 2.25. The van der Waals surface area contributed by atoms with E-state index in [4.69, 9.17) is 22.1 Å². The van der Waals surface area contributed by atoms with Crippen LogP contribution in [0.15, 0.2) is 40.9 Å². The molecule has 0 aromatic heterocycles. The van der Waals surface area contributed by atoms with Crippen LogP contribution in [-0.4, -0.2) is 0 Å². The molecule has 0 saturated heterocycles. The van der Waals surface area contributed by atoms with E-state index in [1.165, 1.54) is 12.1 Å².